The summed E-state index contributed by atoms with van der Waals surface area (Å²) in [5.41, 5.74) is 0. The Morgan fingerprint density at radius 3 is 2.10 bits per heavy atom. The van der Waals surface area contributed by atoms with Crippen molar-refractivity contribution in [3.63, 3.8) is 0 Å². The van der Waals surface area contributed by atoms with Gasteiger partial charge in [0.1, 0.15) is 0 Å². The molecular weight excluding hydrogens is 171 g/mol. The Labute approximate surface area is 107 Å². The van der Waals surface area contributed by atoms with Crippen LogP contribution in [0.15, 0.2) is 0 Å². The van der Waals surface area contributed by atoms with Crippen LogP contribution in [0.25, 0.3) is 0 Å². The van der Waals surface area contributed by atoms with E-state index in [9.17, 15) is 5.11 Å². The molecule has 2 nitrogen and oxygen atoms in total. The molecule has 0 radical (unpaired) electrons. The summed E-state index contributed by atoms with van der Waals surface area (Å²) >= 11 is 0. The second kappa shape index (κ2) is 7.42. The zero-order valence-corrected chi connectivity index (χ0v) is 11.6. The molecule has 0 aromatic rings. The summed E-state index contributed by atoms with van der Waals surface area (Å²) in [6.45, 7) is 7.06. The molecule has 0 N–H and O–H groups in total. The van der Waals surface area contributed by atoms with Gasteiger partial charge in [-0.1, -0.05) is 19.6 Å². The maximum atomic E-state index is 9.81. The SMILES string of the molecule is C[Si](C)(C)CCOC[O-].[K+]. The van der Waals surface area contributed by atoms with Crippen LogP contribution in [0.3, 0.4) is 0 Å². The molecule has 0 saturated carbocycles. The van der Waals surface area contributed by atoms with Gasteiger partial charge in [0.15, 0.2) is 0 Å². The molecule has 0 saturated heterocycles. The smallest absolute Gasteiger partial charge is 0.834 e. The van der Waals surface area contributed by atoms with Gasteiger partial charge in [0.2, 0.25) is 0 Å². The van der Waals surface area contributed by atoms with Crippen molar-refractivity contribution in [2.45, 2.75) is 25.7 Å². The van der Waals surface area contributed by atoms with Gasteiger partial charge in [-0.25, -0.2) is 0 Å². The van der Waals surface area contributed by atoms with Gasteiger partial charge in [-0.3, -0.25) is 0 Å². The Morgan fingerprint density at radius 2 is 1.80 bits per heavy atom. The molecule has 0 aliphatic rings. The maximum Gasteiger partial charge on any atom is 1.00 e. The Balaban J connectivity index is 0. The van der Waals surface area contributed by atoms with Crippen LogP contribution < -0.4 is 56.5 Å². The van der Waals surface area contributed by atoms with Gasteiger partial charge >= 0.3 is 51.4 Å². The van der Waals surface area contributed by atoms with Crippen molar-refractivity contribution in [3.8, 4) is 0 Å². The molecule has 0 aliphatic carbocycles. The zero-order valence-electron chi connectivity index (χ0n) is 7.44. The van der Waals surface area contributed by atoms with Crippen molar-refractivity contribution < 1.29 is 61.2 Å². The van der Waals surface area contributed by atoms with E-state index >= 15 is 0 Å². The summed E-state index contributed by atoms with van der Waals surface area (Å²) < 4.78 is 4.69. The first-order valence-electron chi connectivity index (χ1n) is 3.22. The van der Waals surface area contributed by atoms with E-state index in [-0.39, 0.29) is 58.2 Å². The molecule has 0 bridgehead atoms. The molecule has 0 unspecified atom stereocenters. The van der Waals surface area contributed by atoms with Gasteiger partial charge in [0.25, 0.3) is 0 Å². The zero-order chi connectivity index (χ0) is 7.33. The second-order valence-corrected chi connectivity index (χ2v) is 8.96. The minimum absolute atomic E-state index is 0. The van der Waals surface area contributed by atoms with Crippen molar-refractivity contribution >= 4 is 8.07 Å². The summed E-state index contributed by atoms with van der Waals surface area (Å²) in [5, 5.41) is 9.81. The topological polar surface area (TPSA) is 32.3 Å². The fourth-order valence-corrected chi connectivity index (χ4v) is 1.19. The van der Waals surface area contributed by atoms with E-state index in [1.807, 2.05) is 0 Å². The molecule has 0 rings (SSSR count). The van der Waals surface area contributed by atoms with Crippen LogP contribution in [-0.4, -0.2) is 21.5 Å². The third-order valence-corrected chi connectivity index (χ3v) is 2.78. The van der Waals surface area contributed by atoms with E-state index in [2.05, 4.69) is 24.4 Å². The van der Waals surface area contributed by atoms with E-state index in [0.717, 1.165) is 6.04 Å². The molecule has 0 amide bonds. The summed E-state index contributed by atoms with van der Waals surface area (Å²) in [6.07, 6.45) is 0. The average molecular weight is 186 g/mol. The normalized spacial score (nSPS) is 10.8. The van der Waals surface area contributed by atoms with Crippen LogP contribution in [0.5, 0.6) is 0 Å². The Hall–Kier alpha value is 1.77. The molecule has 0 atom stereocenters. The van der Waals surface area contributed by atoms with Gasteiger partial charge in [-0.2, -0.15) is 0 Å². The standard InChI is InChI=1S/C6H15O2Si.K/c1-9(2,3)5-4-8-6-7;/h4-6H2,1-3H3;/q-1;+1. The largest absolute Gasteiger partial charge is 1.00 e. The second-order valence-electron chi connectivity index (χ2n) is 3.34. The maximum absolute atomic E-state index is 9.81. The quantitative estimate of drug-likeness (QED) is 0.280. The fourth-order valence-electron chi connectivity index (χ4n) is 0.437. The average Bonchev–Trinajstić information content (AvgIpc) is 1.63. The van der Waals surface area contributed by atoms with Gasteiger partial charge in [0.05, 0.1) is 0 Å². The van der Waals surface area contributed by atoms with Crippen LogP contribution in [0.1, 0.15) is 0 Å². The molecule has 0 aromatic heterocycles. The molecule has 0 aromatic carbocycles. The summed E-state index contributed by atoms with van der Waals surface area (Å²) in [6, 6.07) is 1.09. The Bertz CT molecular complexity index is 72.6. The van der Waals surface area contributed by atoms with Gasteiger partial charge < -0.3 is 9.84 Å². The molecule has 0 spiro atoms. The van der Waals surface area contributed by atoms with Crippen molar-refractivity contribution in [3.05, 3.63) is 0 Å². The van der Waals surface area contributed by atoms with Crippen LogP contribution >= 0.6 is 0 Å². The van der Waals surface area contributed by atoms with Crippen molar-refractivity contribution in [2.75, 3.05) is 13.4 Å². The summed E-state index contributed by atoms with van der Waals surface area (Å²) in [5.74, 6) is 0. The van der Waals surface area contributed by atoms with Gasteiger partial charge in [0, 0.05) is 14.7 Å². The van der Waals surface area contributed by atoms with Crippen LogP contribution in [-0.2, 0) is 4.74 Å². The minimum Gasteiger partial charge on any atom is -0.834 e. The molecule has 0 fully saturated rings. The van der Waals surface area contributed by atoms with Crippen molar-refractivity contribution in [1.29, 1.82) is 0 Å². The number of rotatable bonds is 4. The van der Waals surface area contributed by atoms with Crippen molar-refractivity contribution in [1.82, 2.24) is 0 Å². The first-order valence-corrected chi connectivity index (χ1v) is 6.93. The van der Waals surface area contributed by atoms with Gasteiger partial charge in [-0.15, -0.1) is 0 Å². The van der Waals surface area contributed by atoms with Crippen LogP contribution in [0.2, 0.25) is 25.7 Å². The molecule has 0 aliphatic heterocycles. The first kappa shape index (κ1) is 14.3. The van der Waals surface area contributed by atoms with E-state index in [4.69, 9.17) is 0 Å². The van der Waals surface area contributed by atoms with E-state index in [1.54, 1.807) is 0 Å². The van der Waals surface area contributed by atoms with Crippen LogP contribution in [0, 0.1) is 0 Å². The van der Waals surface area contributed by atoms with Crippen LogP contribution in [0.4, 0.5) is 0 Å². The number of hydrogen-bond donors (Lipinski definition) is 0. The third kappa shape index (κ3) is 12.4. The molecule has 56 valence electrons. The number of ether oxygens (including phenoxy) is 1. The molecular formula is C6H15KO2Si. The number of hydrogen-bond acceptors (Lipinski definition) is 2. The third-order valence-electron chi connectivity index (χ3n) is 1.08. The van der Waals surface area contributed by atoms with E-state index in [1.165, 1.54) is 0 Å². The van der Waals surface area contributed by atoms with E-state index in [0.29, 0.717) is 6.61 Å². The summed E-state index contributed by atoms with van der Waals surface area (Å²) in [4.78, 5) is 0. The van der Waals surface area contributed by atoms with Gasteiger partial charge in [-0.05, 0) is 12.8 Å². The molecule has 10 heavy (non-hydrogen) atoms. The fraction of sp³-hybridized carbons (Fsp3) is 1.00. The minimum atomic E-state index is -0.958. The monoisotopic (exact) mass is 186 g/mol. The Morgan fingerprint density at radius 1 is 1.30 bits per heavy atom. The van der Waals surface area contributed by atoms with E-state index < -0.39 is 8.07 Å². The predicted molar refractivity (Wildman–Crippen MR) is 39.0 cm³/mol. The first-order chi connectivity index (χ1) is 4.06. The summed E-state index contributed by atoms with van der Waals surface area (Å²) in [7, 11) is -0.958. The van der Waals surface area contributed by atoms with Crippen molar-refractivity contribution in [2.24, 2.45) is 0 Å². The molecule has 0 heterocycles. The molecule has 4 heteroatoms. The predicted octanol–water partition coefficient (Wildman–Crippen LogP) is -2.34. The Kier molecular flexibility index (Phi) is 10.6.